The second-order valence-electron chi connectivity index (χ2n) is 10.4. The van der Waals surface area contributed by atoms with Crippen molar-refractivity contribution >= 4 is 0 Å². The molecule has 186 valence electrons. The van der Waals surface area contributed by atoms with E-state index >= 15 is 0 Å². The summed E-state index contributed by atoms with van der Waals surface area (Å²) in [5, 5.41) is 0. The van der Waals surface area contributed by atoms with Crippen LogP contribution in [0.25, 0.3) is 56.4 Å². The van der Waals surface area contributed by atoms with Crippen molar-refractivity contribution in [1.29, 1.82) is 0 Å². The average Bonchev–Trinajstić information content (AvgIpc) is 3.24. The fourth-order valence-corrected chi connectivity index (χ4v) is 5.57. The SMILES string of the molecule is CC1(C)c2ccccc2-c2cc(-c3nc(-c4ccccc4)nc(-c4ccc(-c5ccncc5)cc4)n3)ccc21. The van der Waals surface area contributed by atoms with Crippen molar-refractivity contribution in [3.05, 3.63) is 133 Å². The lowest BCUT2D eigenvalue weighted by atomic mass is 9.82. The van der Waals surface area contributed by atoms with Gasteiger partial charge in [0.05, 0.1) is 0 Å². The van der Waals surface area contributed by atoms with Crippen molar-refractivity contribution in [2.75, 3.05) is 0 Å². The maximum atomic E-state index is 4.99. The lowest BCUT2D eigenvalue weighted by Crippen LogP contribution is -2.14. The van der Waals surface area contributed by atoms with Crippen LogP contribution in [-0.2, 0) is 5.41 Å². The first kappa shape index (κ1) is 23.2. The van der Waals surface area contributed by atoms with Crippen molar-refractivity contribution in [2.24, 2.45) is 0 Å². The minimum atomic E-state index is -0.0412. The summed E-state index contributed by atoms with van der Waals surface area (Å²) in [6.07, 6.45) is 3.62. The molecule has 0 fully saturated rings. The van der Waals surface area contributed by atoms with Crippen LogP contribution >= 0.6 is 0 Å². The Bertz CT molecular complexity index is 1810. The number of hydrogen-bond acceptors (Lipinski definition) is 4. The van der Waals surface area contributed by atoms with Gasteiger partial charge in [-0.3, -0.25) is 4.98 Å². The highest BCUT2D eigenvalue weighted by Gasteiger charge is 2.35. The third kappa shape index (κ3) is 4.02. The Hall–Kier alpha value is -4.96. The quantitative estimate of drug-likeness (QED) is 0.244. The van der Waals surface area contributed by atoms with Crippen molar-refractivity contribution < 1.29 is 0 Å². The van der Waals surface area contributed by atoms with Gasteiger partial charge in [-0.2, -0.15) is 0 Å². The van der Waals surface area contributed by atoms with E-state index < -0.39 is 0 Å². The molecule has 0 saturated carbocycles. The first-order valence-corrected chi connectivity index (χ1v) is 13.1. The highest BCUT2D eigenvalue weighted by atomic mass is 15.0. The molecule has 0 atom stereocenters. The average molecular weight is 503 g/mol. The van der Waals surface area contributed by atoms with Crippen LogP contribution in [0.1, 0.15) is 25.0 Å². The van der Waals surface area contributed by atoms with Crippen LogP contribution in [-0.4, -0.2) is 19.9 Å². The molecule has 0 N–H and O–H groups in total. The molecule has 7 rings (SSSR count). The minimum Gasteiger partial charge on any atom is -0.265 e. The zero-order valence-corrected chi connectivity index (χ0v) is 21.8. The summed E-state index contributed by atoms with van der Waals surface area (Å²) in [7, 11) is 0. The van der Waals surface area contributed by atoms with Gasteiger partial charge in [-0.15, -0.1) is 0 Å². The van der Waals surface area contributed by atoms with Gasteiger partial charge in [0, 0.05) is 34.5 Å². The van der Waals surface area contributed by atoms with Crippen LogP contribution in [0.4, 0.5) is 0 Å². The van der Waals surface area contributed by atoms with Crippen LogP contribution in [0.15, 0.2) is 122 Å². The van der Waals surface area contributed by atoms with E-state index in [0.717, 1.165) is 27.8 Å². The van der Waals surface area contributed by atoms with E-state index in [1.807, 2.05) is 54.9 Å². The lowest BCUT2D eigenvalue weighted by Gasteiger charge is -2.21. The highest BCUT2D eigenvalue weighted by Crippen LogP contribution is 2.49. The predicted molar refractivity (Wildman–Crippen MR) is 157 cm³/mol. The number of nitrogens with zero attached hydrogens (tertiary/aromatic N) is 4. The third-order valence-corrected chi connectivity index (χ3v) is 7.67. The van der Waals surface area contributed by atoms with E-state index in [1.54, 1.807) is 0 Å². The molecule has 1 aliphatic carbocycles. The molecule has 4 aromatic carbocycles. The number of fused-ring (bicyclic) bond motifs is 3. The van der Waals surface area contributed by atoms with Gasteiger partial charge in [-0.1, -0.05) is 105 Å². The Morgan fingerprint density at radius 2 is 0.949 bits per heavy atom. The molecule has 4 heteroatoms. The molecule has 2 aromatic heterocycles. The Morgan fingerprint density at radius 3 is 1.67 bits per heavy atom. The van der Waals surface area contributed by atoms with Gasteiger partial charge in [0.2, 0.25) is 0 Å². The fraction of sp³-hybridized carbons (Fsp3) is 0.0857. The monoisotopic (exact) mass is 502 g/mol. The molecule has 4 nitrogen and oxygen atoms in total. The topological polar surface area (TPSA) is 51.6 Å². The number of hydrogen-bond donors (Lipinski definition) is 0. The van der Waals surface area contributed by atoms with E-state index in [0.29, 0.717) is 17.5 Å². The largest absolute Gasteiger partial charge is 0.265 e. The molecule has 0 amide bonds. The van der Waals surface area contributed by atoms with Crippen molar-refractivity contribution in [3.8, 4) is 56.4 Å². The molecule has 0 saturated heterocycles. The molecule has 39 heavy (non-hydrogen) atoms. The van der Waals surface area contributed by atoms with Crippen molar-refractivity contribution in [2.45, 2.75) is 19.3 Å². The van der Waals surface area contributed by atoms with E-state index in [9.17, 15) is 0 Å². The Balaban J connectivity index is 1.36. The fourth-order valence-electron chi connectivity index (χ4n) is 5.57. The maximum absolute atomic E-state index is 4.99. The molecule has 1 aliphatic rings. The van der Waals surface area contributed by atoms with Crippen molar-refractivity contribution in [3.63, 3.8) is 0 Å². The summed E-state index contributed by atoms with van der Waals surface area (Å²) in [5.74, 6) is 1.98. The standard InChI is InChI=1S/C35H26N4/c1-35(2)30-11-7-6-10-28(30)29-22-27(16-17-31(29)35)34-38-32(25-8-4-3-5-9-25)37-33(39-34)26-14-12-23(13-15-26)24-18-20-36-21-19-24/h3-22H,1-2H3. The van der Waals surface area contributed by atoms with Crippen LogP contribution in [0, 0.1) is 0 Å². The van der Waals surface area contributed by atoms with E-state index in [-0.39, 0.29) is 5.41 Å². The smallest absolute Gasteiger partial charge is 0.164 e. The number of aromatic nitrogens is 4. The lowest BCUT2D eigenvalue weighted by molar-refractivity contribution is 0.660. The normalized spacial score (nSPS) is 13.1. The first-order valence-electron chi connectivity index (χ1n) is 13.1. The van der Waals surface area contributed by atoms with Crippen LogP contribution in [0.2, 0.25) is 0 Å². The van der Waals surface area contributed by atoms with Gasteiger partial charge in [0.25, 0.3) is 0 Å². The van der Waals surface area contributed by atoms with E-state index in [4.69, 9.17) is 15.0 Å². The van der Waals surface area contributed by atoms with Crippen LogP contribution in [0.3, 0.4) is 0 Å². The Morgan fingerprint density at radius 1 is 0.436 bits per heavy atom. The molecule has 6 aromatic rings. The van der Waals surface area contributed by atoms with Gasteiger partial charge in [0.15, 0.2) is 17.5 Å². The van der Waals surface area contributed by atoms with Gasteiger partial charge in [-0.05, 0) is 51.6 Å². The second-order valence-corrected chi connectivity index (χ2v) is 10.4. The zero-order valence-electron chi connectivity index (χ0n) is 21.8. The molecular weight excluding hydrogens is 476 g/mol. The zero-order chi connectivity index (χ0) is 26.4. The Labute approximate surface area is 228 Å². The summed E-state index contributed by atoms with van der Waals surface area (Å²) < 4.78 is 0. The third-order valence-electron chi connectivity index (χ3n) is 7.67. The molecule has 0 spiro atoms. The highest BCUT2D eigenvalue weighted by molar-refractivity contribution is 5.84. The molecule has 0 bridgehead atoms. The summed E-state index contributed by atoms with van der Waals surface area (Å²) >= 11 is 0. The molecule has 0 unspecified atom stereocenters. The maximum Gasteiger partial charge on any atom is 0.164 e. The number of pyridine rings is 1. The Kier molecular flexibility index (Phi) is 5.41. The molecular formula is C35H26N4. The predicted octanol–water partition coefficient (Wildman–Crippen LogP) is 8.24. The van der Waals surface area contributed by atoms with Crippen molar-refractivity contribution in [1.82, 2.24) is 19.9 Å². The summed E-state index contributed by atoms with van der Waals surface area (Å²) in [5.41, 5.74) is 10.3. The van der Waals surface area contributed by atoms with E-state index in [2.05, 4.69) is 85.6 Å². The summed E-state index contributed by atoms with van der Waals surface area (Å²) in [6.45, 7) is 4.59. The molecule has 0 aliphatic heterocycles. The number of benzene rings is 4. The second kappa shape index (κ2) is 9.10. The number of rotatable bonds is 4. The van der Waals surface area contributed by atoms with Crippen LogP contribution in [0.5, 0.6) is 0 Å². The van der Waals surface area contributed by atoms with Gasteiger partial charge in [-0.25, -0.2) is 15.0 Å². The van der Waals surface area contributed by atoms with Crippen LogP contribution < -0.4 is 0 Å². The minimum absolute atomic E-state index is 0.0412. The molecule has 2 heterocycles. The molecule has 0 radical (unpaired) electrons. The summed E-state index contributed by atoms with van der Waals surface area (Å²) in [4.78, 5) is 19.0. The van der Waals surface area contributed by atoms with Gasteiger partial charge >= 0.3 is 0 Å². The van der Waals surface area contributed by atoms with Gasteiger partial charge < -0.3 is 0 Å². The van der Waals surface area contributed by atoms with E-state index in [1.165, 1.54) is 22.3 Å². The first-order chi connectivity index (χ1) is 19.1. The summed E-state index contributed by atoms with van der Waals surface area (Å²) in [6, 6.07) is 37.8. The van der Waals surface area contributed by atoms with Gasteiger partial charge in [0.1, 0.15) is 0 Å².